The van der Waals surface area contributed by atoms with E-state index in [2.05, 4.69) is 4.72 Å². The van der Waals surface area contributed by atoms with Crippen LogP contribution in [0.4, 0.5) is 4.39 Å². The largest absolute Gasteiger partial charge is 0.339 e. The number of sulfonamides is 1. The van der Waals surface area contributed by atoms with Crippen molar-refractivity contribution < 1.29 is 17.6 Å². The lowest BCUT2D eigenvalue weighted by Crippen LogP contribution is -2.49. The van der Waals surface area contributed by atoms with E-state index in [1.54, 1.807) is 4.90 Å². The van der Waals surface area contributed by atoms with Gasteiger partial charge in [-0.3, -0.25) is 4.79 Å². The average molecular weight is 371 g/mol. The van der Waals surface area contributed by atoms with Crippen LogP contribution in [0.15, 0.2) is 23.1 Å². The molecule has 25 heavy (non-hydrogen) atoms. The van der Waals surface area contributed by atoms with E-state index in [1.165, 1.54) is 12.1 Å². The Hall–Kier alpha value is -1.51. The minimum absolute atomic E-state index is 0.0679. The first-order valence-electron chi connectivity index (χ1n) is 8.60. The number of hydrogen-bond donors (Lipinski definition) is 2. The van der Waals surface area contributed by atoms with Crippen LogP contribution in [0.1, 0.15) is 49.9 Å². The molecule has 0 saturated carbocycles. The van der Waals surface area contributed by atoms with Crippen molar-refractivity contribution in [3.8, 4) is 0 Å². The van der Waals surface area contributed by atoms with Gasteiger partial charge in [0.05, 0.1) is 10.5 Å². The summed E-state index contributed by atoms with van der Waals surface area (Å²) in [6, 6.07) is 3.38. The highest BCUT2D eigenvalue weighted by molar-refractivity contribution is 7.89. The third-order valence-corrected chi connectivity index (χ3v) is 6.30. The van der Waals surface area contributed by atoms with Gasteiger partial charge in [0.1, 0.15) is 5.82 Å². The van der Waals surface area contributed by atoms with Gasteiger partial charge < -0.3 is 10.6 Å². The maximum Gasteiger partial charge on any atom is 0.256 e. The van der Waals surface area contributed by atoms with Gasteiger partial charge in [0.15, 0.2) is 0 Å². The molecule has 140 valence electrons. The summed E-state index contributed by atoms with van der Waals surface area (Å²) in [7, 11) is -3.89. The summed E-state index contributed by atoms with van der Waals surface area (Å²) in [4.78, 5) is 13.6. The topological polar surface area (TPSA) is 92.5 Å². The molecule has 1 aromatic carbocycles. The Kier molecular flexibility index (Phi) is 6.18. The normalized spacial score (nSPS) is 15.6. The molecule has 0 radical (unpaired) electrons. The van der Waals surface area contributed by atoms with Crippen LogP contribution in [0.25, 0.3) is 0 Å². The Bertz CT molecular complexity index is 727. The monoisotopic (exact) mass is 371 g/mol. The van der Waals surface area contributed by atoms with Crippen LogP contribution in [0.2, 0.25) is 0 Å². The summed E-state index contributed by atoms with van der Waals surface area (Å²) >= 11 is 0. The van der Waals surface area contributed by atoms with E-state index >= 15 is 0 Å². The molecule has 1 heterocycles. The second-order valence-electron chi connectivity index (χ2n) is 6.53. The van der Waals surface area contributed by atoms with Crippen molar-refractivity contribution in [2.24, 2.45) is 5.73 Å². The third-order valence-electron chi connectivity index (χ3n) is 4.90. The highest BCUT2D eigenvalue weighted by Gasteiger charge is 2.26. The zero-order valence-electron chi connectivity index (χ0n) is 14.7. The molecule has 1 saturated heterocycles. The fourth-order valence-corrected chi connectivity index (χ4v) is 3.90. The smallest absolute Gasteiger partial charge is 0.256 e. The summed E-state index contributed by atoms with van der Waals surface area (Å²) in [5.41, 5.74) is 5.35. The molecule has 1 amide bonds. The number of carbonyl (C=O) groups is 1. The molecule has 0 unspecified atom stereocenters. The molecule has 1 aromatic rings. The molecule has 1 aliphatic heterocycles. The van der Waals surface area contributed by atoms with Crippen molar-refractivity contribution in [3.63, 3.8) is 0 Å². The zero-order valence-corrected chi connectivity index (χ0v) is 15.5. The van der Waals surface area contributed by atoms with Gasteiger partial charge >= 0.3 is 0 Å². The lowest BCUT2D eigenvalue weighted by atomic mass is 9.95. The van der Waals surface area contributed by atoms with Gasteiger partial charge in [0.25, 0.3) is 5.91 Å². The fourth-order valence-electron chi connectivity index (χ4n) is 2.75. The molecular formula is C17H26FN3O3S. The molecular weight excluding hydrogens is 345 g/mol. The van der Waals surface area contributed by atoms with E-state index in [-0.39, 0.29) is 17.0 Å². The molecule has 0 spiro atoms. The van der Waals surface area contributed by atoms with Crippen molar-refractivity contribution in [1.82, 2.24) is 9.62 Å². The highest BCUT2D eigenvalue weighted by Crippen LogP contribution is 2.19. The molecule has 0 aromatic heterocycles. The molecule has 1 aliphatic rings. The first kappa shape index (κ1) is 19.8. The maximum atomic E-state index is 14.3. The Morgan fingerprint density at radius 3 is 2.40 bits per heavy atom. The van der Waals surface area contributed by atoms with Crippen LogP contribution in [-0.4, -0.2) is 44.4 Å². The lowest BCUT2D eigenvalue weighted by Gasteiger charge is -2.26. The molecule has 0 bridgehead atoms. The van der Waals surface area contributed by atoms with Gasteiger partial charge in [-0.1, -0.05) is 13.8 Å². The Labute approximate surface area is 148 Å². The van der Waals surface area contributed by atoms with E-state index in [1.807, 2.05) is 13.8 Å². The SMILES string of the molecule is CCC(N)(CC)CNS(=O)(=O)c1ccc(C(=O)N2CCCC2)c(F)c1. The number of nitrogens with one attached hydrogen (secondary N) is 1. The van der Waals surface area contributed by atoms with Crippen molar-refractivity contribution in [1.29, 1.82) is 0 Å². The first-order valence-corrected chi connectivity index (χ1v) is 10.1. The molecule has 2 rings (SSSR count). The van der Waals surface area contributed by atoms with Gasteiger partial charge in [-0.25, -0.2) is 17.5 Å². The second-order valence-corrected chi connectivity index (χ2v) is 8.30. The quantitative estimate of drug-likeness (QED) is 0.765. The minimum atomic E-state index is -3.89. The van der Waals surface area contributed by atoms with Crippen molar-refractivity contribution >= 4 is 15.9 Å². The van der Waals surface area contributed by atoms with Gasteiger partial charge in [-0.2, -0.15) is 0 Å². The van der Waals surface area contributed by atoms with Gasteiger partial charge in [-0.15, -0.1) is 0 Å². The molecule has 0 atom stereocenters. The van der Waals surface area contributed by atoms with Crippen LogP contribution in [0.3, 0.4) is 0 Å². The Balaban J connectivity index is 2.17. The average Bonchev–Trinajstić information content (AvgIpc) is 3.13. The minimum Gasteiger partial charge on any atom is -0.339 e. The second kappa shape index (κ2) is 7.80. The van der Waals surface area contributed by atoms with Crippen molar-refractivity contribution in [3.05, 3.63) is 29.6 Å². The van der Waals surface area contributed by atoms with Crippen LogP contribution in [-0.2, 0) is 10.0 Å². The number of likely N-dealkylation sites (tertiary alicyclic amines) is 1. The predicted octanol–water partition coefficient (Wildman–Crippen LogP) is 1.86. The van der Waals surface area contributed by atoms with E-state index < -0.39 is 27.3 Å². The fraction of sp³-hybridized carbons (Fsp3) is 0.588. The summed E-state index contributed by atoms with van der Waals surface area (Å²) in [5, 5.41) is 0. The number of hydrogen-bond acceptors (Lipinski definition) is 4. The summed E-state index contributed by atoms with van der Waals surface area (Å²) in [6.45, 7) is 5.05. The number of carbonyl (C=O) groups excluding carboxylic acids is 1. The summed E-state index contributed by atoms with van der Waals surface area (Å²) < 4.78 is 41.5. The predicted molar refractivity (Wildman–Crippen MR) is 94.2 cm³/mol. The molecule has 3 N–H and O–H groups in total. The lowest BCUT2D eigenvalue weighted by molar-refractivity contribution is 0.0788. The van der Waals surface area contributed by atoms with E-state index in [9.17, 15) is 17.6 Å². The number of nitrogens with two attached hydrogens (primary N) is 1. The highest BCUT2D eigenvalue weighted by atomic mass is 32.2. The number of amides is 1. The van der Waals surface area contributed by atoms with Crippen molar-refractivity contribution in [2.75, 3.05) is 19.6 Å². The Morgan fingerprint density at radius 2 is 1.88 bits per heavy atom. The van der Waals surface area contributed by atoms with Crippen molar-refractivity contribution in [2.45, 2.75) is 50.0 Å². The van der Waals surface area contributed by atoms with E-state index in [0.29, 0.717) is 25.9 Å². The molecule has 8 heteroatoms. The standard InChI is InChI=1S/C17H26FN3O3S/c1-3-17(19,4-2)12-20-25(23,24)13-7-8-14(15(18)11-13)16(22)21-9-5-6-10-21/h7-8,11,20H,3-6,9-10,12,19H2,1-2H3. The van der Waals surface area contributed by atoms with Crippen LogP contribution in [0.5, 0.6) is 0 Å². The number of nitrogens with zero attached hydrogens (tertiary/aromatic N) is 1. The zero-order chi connectivity index (χ0) is 18.7. The van der Waals surface area contributed by atoms with E-state index in [4.69, 9.17) is 5.73 Å². The van der Waals surface area contributed by atoms with Gasteiger partial charge in [0.2, 0.25) is 10.0 Å². The Morgan fingerprint density at radius 1 is 1.28 bits per heavy atom. The molecule has 0 aliphatic carbocycles. The number of benzene rings is 1. The summed E-state index contributed by atoms with van der Waals surface area (Å²) in [6.07, 6.45) is 3.03. The third kappa shape index (κ3) is 4.56. The van der Waals surface area contributed by atoms with Gasteiger partial charge in [0, 0.05) is 25.2 Å². The number of halogens is 1. The maximum absolute atomic E-state index is 14.3. The number of rotatable bonds is 7. The van der Waals surface area contributed by atoms with Gasteiger partial charge in [-0.05, 0) is 43.9 Å². The molecule has 1 fully saturated rings. The van der Waals surface area contributed by atoms with E-state index in [0.717, 1.165) is 18.9 Å². The summed E-state index contributed by atoms with van der Waals surface area (Å²) in [5.74, 6) is -1.23. The molecule has 6 nitrogen and oxygen atoms in total. The first-order chi connectivity index (χ1) is 11.7. The van der Waals surface area contributed by atoms with Crippen LogP contribution in [0, 0.1) is 5.82 Å². The van der Waals surface area contributed by atoms with Crippen LogP contribution >= 0.6 is 0 Å². The van der Waals surface area contributed by atoms with Crippen LogP contribution < -0.4 is 10.5 Å².